The summed E-state index contributed by atoms with van der Waals surface area (Å²) >= 11 is 0. The predicted octanol–water partition coefficient (Wildman–Crippen LogP) is 1.95. The molecule has 2 N–H and O–H groups in total. The zero-order valence-electron chi connectivity index (χ0n) is 12.4. The lowest BCUT2D eigenvalue weighted by atomic mass is 10.1. The van der Waals surface area contributed by atoms with Gasteiger partial charge in [0, 0.05) is 43.0 Å². The van der Waals surface area contributed by atoms with Crippen molar-refractivity contribution in [3.8, 4) is 0 Å². The van der Waals surface area contributed by atoms with Crippen LogP contribution in [-0.2, 0) is 11.3 Å². The van der Waals surface area contributed by atoms with Crippen LogP contribution in [0.25, 0.3) is 0 Å². The third-order valence-corrected chi connectivity index (χ3v) is 3.65. The maximum atomic E-state index is 12.1. The lowest BCUT2D eigenvalue weighted by Crippen LogP contribution is -2.39. The highest BCUT2D eigenvalue weighted by Crippen LogP contribution is 2.28. The summed E-state index contributed by atoms with van der Waals surface area (Å²) in [6, 6.07) is 3.19. The van der Waals surface area contributed by atoms with Crippen LogP contribution in [0.15, 0.2) is 36.9 Å². The van der Waals surface area contributed by atoms with Gasteiger partial charge in [-0.15, -0.1) is 0 Å². The molecular formula is C15H19N5O2. The SMILES string of the molecule is CCn1cc([C@H]2OCC[C@@H]2NC(=O)Nc2ccncc2)cn1. The van der Waals surface area contributed by atoms with Gasteiger partial charge >= 0.3 is 6.03 Å². The number of hydrogen-bond acceptors (Lipinski definition) is 4. The Morgan fingerprint density at radius 3 is 3.00 bits per heavy atom. The second-order valence-electron chi connectivity index (χ2n) is 5.15. The van der Waals surface area contributed by atoms with Gasteiger partial charge in [0.2, 0.25) is 0 Å². The summed E-state index contributed by atoms with van der Waals surface area (Å²) in [6.45, 7) is 3.47. The fourth-order valence-electron chi connectivity index (χ4n) is 2.54. The van der Waals surface area contributed by atoms with Crippen LogP contribution in [0.5, 0.6) is 0 Å². The molecule has 3 rings (SSSR count). The lowest BCUT2D eigenvalue weighted by Gasteiger charge is -2.19. The summed E-state index contributed by atoms with van der Waals surface area (Å²) in [5, 5.41) is 10.0. The molecule has 0 spiro atoms. The Hall–Kier alpha value is -2.41. The van der Waals surface area contributed by atoms with E-state index in [0.717, 1.165) is 18.5 Å². The molecule has 0 aliphatic carbocycles. The third-order valence-electron chi connectivity index (χ3n) is 3.65. The summed E-state index contributed by atoms with van der Waals surface area (Å²) in [6.07, 6.45) is 7.67. The van der Waals surface area contributed by atoms with Crippen LogP contribution < -0.4 is 10.6 Å². The number of rotatable bonds is 4. The first-order chi connectivity index (χ1) is 10.8. The van der Waals surface area contributed by atoms with Crippen molar-refractivity contribution >= 4 is 11.7 Å². The number of nitrogens with zero attached hydrogens (tertiary/aromatic N) is 3. The lowest BCUT2D eigenvalue weighted by molar-refractivity contribution is 0.100. The molecular weight excluding hydrogens is 282 g/mol. The second-order valence-corrected chi connectivity index (χ2v) is 5.15. The summed E-state index contributed by atoms with van der Waals surface area (Å²) in [4.78, 5) is 16.0. The smallest absolute Gasteiger partial charge is 0.319 e. The van der Waals surface area contributed by atoms with E-state index < -0.39 is 0 Å². The predicted molar refractivity (Wildman–Crippen MR) is 81.4 cm³/mol. The van der Waals surface area contributed by atoms with E-state index in [0.29, 0.717) is 12.3 Å². The molecule has 0 aromatic carbocycles. The molecule has 2 aromatic rings. The number of hydrogen-bond donors (Lipinski definition) is 2. The molecule has 7 nitrogen and oxygen atoms in total. The van der Waals surface area contributed by atoms with E-state index in [1.165, 1.54) is 0 Å². The Labute approximate surface area is 128 Å². The number of nitrogens with one attached hydrogen (secondary N) is 2. The number of anilines is 1. The molecule has 1 saturated heterocycles. The van der Waals surface area contributed by atoms with Crippen LogP contribution in [0.3, 0.4) is 0 Å². The van der Waals surface area contributed by atoms with Crippen LogP contribution in [-0.4, -0.2) is 33.4 Å². The molecule has 1 aliphatic rings. The number of urea groups is 1. The normalized spacial score (nSPS) is 20.8. The molecule has 1 aliphatic heterocycles. The number of carbonyl (C=O) groups excluding carboxylic acids is 1. The number of aryl methyl sites for hydroxylation is 1. The van der Waals surface area contributed by atoms with Crippen LogP contribution in [0.4, 0.5) is 10.5 Å². The van der Waals surface area contributed by atoms with Crippen LogP contribution in [0, 0.1) is 0 Å². The Balaban J connectivity index is 1.62. The average Bonchev–Trinajstić information content (AvgIpc) is 3.16. The summed E-state index contributed by atoms with van der Waals surface area (Å²) in [5.74, 6) is 0. The van der Waals surface area contributed by atoms with Gasteiger partial charge in [-0.05, 0) is 25.5 Å². The van der Waals surface area contributed by atoms with E-state index in [-0.39, 0.29) is 18.2 Å². The average molecular weight is 301 g/mol. The molecule has 3 heterocycles. The van der Waals surface area contributed by atoms with Gasteiger partial charge in [-0.2, -0.15) is 5.10 Å². The topological polar surface area (TPSA) is 81.1 Å². The van der Waals surface area contributed by atoms with E-state index in [1.54, 1.807) is 30.7 Å². The van der Waals surface area contributed by atoms with Crippen LogP contribution in [0.2, 0.25) is 0 Å². The molecule has 2 aromatic heterocycles. The highest BCUT2D eigenvalue weighted by atomic mass is 16.5. The van der Waals surface area contributed by atoms with Crippen molar-refractivity contribution in [2.24, 2.45) is 0 Å². The quantitative estimate of drug-likeness (QED) is 0.904. The van der Waals surface area contributed by atoms with Crippen molar-refractivity contribution < 1.29 is 9.53 Å². The highest BCUT2D eigenvalue weighted by molar-refractivity contribution is 5.89. The molecule has 0 saturated carbocycles. The van der Waals surface area contributed by atoms with Crippen molar-refractivity contribution in [1.29, 1.82) is 0 Å². The molecule has 2 amide bonds. The minimum absolute atomic E-state index is 0.0589. The zero-order valence-corrected chi connectivity index (χ0v) is 12.4. The first-order valence-corrected chi connectivity index (χ1v) is 7.37. The molecule has 1 fully saturated rings. The maximum Gasteiger partial charge on any atom is 0.319 e. The molecule has 0 bridgehead atoms. The number of carbonyl (C=O) groups is 1. The van der Waals surface area contributed by atoms with Gasteiger partial charge in [0.25, 0.3) is 0 Å². The molecule has 7 heteroatoms. The Morgan fingerprint density at radius 1 is 1.45 bits per heavy atom. The standard InChI is InChI=1S/C15H19N5O2/c1-2-20-10-11(9-17-20)14-13(5-8-22-14)19-15(21)18-12-3-6-16-7-4-12/h3-4,6-7,9-10,13-14H,2,5,8H2,1H3,(H2,16,18,19,21)/t13-,14+/m0/s1. The molecule has 2 atom stereocenters. The van der Waals surface area contributed by atoms with Crippen LogP contribution >= 0.6 is 0 Å². The number of ether oxygens (including phenoxy) is 1. The van der Waals surface area contributed by atoms with Crippen molar-refractivity contribution in [3.05, 3.63) is 42.5 Å². The fraction of sp³-hybridized carbons (Fsp3) is 0.400. The third kappa shape index (κ3) is 3.25. The maximum absolute atomic E-state index is 12.1. The van der Waals surface area contributed by atoms with Gasteiger partial charge in [0.15, 0.2) is 0 Å². The number of pyridine rings is 1. The van der Waals surface area contributed by atoms with E-state index in [9.17, 15) is 4.79 Å². The highest BCUT2D eigenvalue weighted by Gasteiger charge is 2.31. The van der Waals surface area contributed by atoms with E-state index in [1.807, 2.05) is 17.8 Å². The van der Waals surface area contributed by atoms with Crippen molar-refractivity contribution in [2.45, 2.75) is 32.0 Å². The van der Waals surface area contributed by atoms with E-state index in [4.69, 9.17) is 4.74 Å². The van der Waals surface area contributed by atoms with Crippen molar-refractivity contribution in [3.63, 3.8) is 0 Å². The minimum Gasteiger partial charge on any atom is -0.371 e. The van der Waals surface area contributed by atoms with E-state index >= 15 is 0 Å². The molecule has 0 radical (unpaired) electrons. The summed E-state index contributed by atoms with van der Waals surface area (Å²) in [7, 11) is 0. The Bertz CT molecular complexity index is 628. The van der Waals surface area contributed by atoms with Gasteiger partial charge in [-0.1, -0.05) is 0 Å². The van der Waals surface area contributed by atoms with Gasteiger partial charge < -0.3 is 15.4 Å². The molecule has 0 unspecified atom stereocenters. The number of amides is 2. The van der Waals surface area contributed by atoms with Gasteiger partial charge in [0.1, 0.15) is 6.10 Å². The zero-order chi connectivity index (χ0) is 15.4. The summed E-state index contributed by atoms with van der Waals surface area (Å²) < 4.78 is 7.61. The summed E-state index contributed by atoms with van der Waals surface area (Å²) in [5.41, 5.74) is 1.70. The van der Waals surface area contributed by atoms with Gasteiger partial charge in [0.05, 0.1) is 12.2 Å². The Kier molecular flexibility index (Phi) is 4.34. The Morgan fingerprint density at radius 2 is 2.27 bits per heavy atom. The van der Waals surface area contributed by atoms with Crippen molar-refractivity contribution in [1.82, 2.24) is 20.1 Å². The van der Waals surface area contributed by atoms with Gasteiger partial charge in [-0.25, -0.2) is 4.79 Å². The fourth-order valence-corrected chi connectivity index (χ4v) is 2.54. The minimum atomic E-state index is -0.241. The first-order valence-electron chi connectivity index (χ1n) is 7.37. The first kappa shape index (κ1) is 14.5. The number of aromatic nitrogens is 3. The van der Waals surface area contributed by atoms with Crippen LogP contribution in [0.1, 0.15) is 25.0 Å². The molecule has 22 heavy (non-hydrogen) atoms. The van der Waals surface area contributed by atoms with Gasteiger partial charge in [-0.3, -0.25) is 9.67 Å². The largest absolute Gasteiger partial charge is 0.371 e. The van der Waals surface area contributed by atoms with E-state index in [2.05, 4.69) is 20.7 Å². The second kappa shape index (κ2) is 6.57. The molecule has 116 valence electrons. The monoisotopic (exact) mass is 301 g/mol. The van der Waals surface area contributed by atoms with Crippen molar-refractivity contribution in [2.75, 3.05) is 11.9 Å².